The van der Waals surface area contributed by atoms with E-state index in [1.54, 1.807) is 12.1 Å². The van der Waals surface area contributed by atoms with Crippen LogP contribution in [0.2, 0.25) is 0 Å². The summed E-state index contributed by atoms with van der Waals surface area (Å²) < 4.78 is 11.0. The van der Waals surface area contributed by atoms with Crippen LogP contribution in [0, 0.1) is 0 Å². The van der Waals surface area contributed by atoms with Crippen LogP contribution in [0.3, 0.4) is 0 Å². The number of benzene rings is 2. The van der Waals surface area contributed by atoms with Crippen molar-refractivity contribution in [3.8, 4) is 11.5 Å². The van der Waals surface area contributed by atoms with E-state index < -0.39 is 12.0 Å². The smallest absolute Gasteiger partial charge is 0.321 e. The van der Waals surface area contributed by atoms with Crippen LogP contribution in [0.25, 0.3) is 10.9 Å². The minimum atomic E-state index is -0.919. The number of aliphatic carboxylic acids is 1. The molecule has 0 aliphatic rings. The third-order valence-corrected chi connectivity index (χ3v) is 5.05. The molecule has 0 bridgehead atoms. The molecule has 0 saturated heterocycles. The quantitative estimate of drug-likeness (QED) is 0.375. The summed E-state index contributed by atoms with van der Waals surface area (Å²) in [5.74, 6) is -0.228. The fraction of sp³-hybridized carbons (Fsp3) is 0.360. The van der Waals surface area contributed by atoms with Crippen LogP contribution in [0.1, 0.15) is 31.9 Å². The molecule has 3 aromatic rings. The summed E-state index contributed by atoms with van der Waals surface area (Å²) in [5, 5.41) is 16.7. The van der Waals surface area contributed by atoms with Crippen molar-refractivity contribution in [1.82, 2.24) is 15.6 Å². The van der Waals surface area contributed by atoms with E-state index in [1.165, 1.54) is 7.11 Å². The molecule has 0 aliphatic carbocycles. The minimum Gasteiger partial charge on any atom is -0.493 e. The first kappa shape index (κ1) is 24.1. The number of carbonyl (C=O) groups excluding carboxylic acids is 1. The van der Waals surface area contributed by atoms with Crippen LogP contribution in [0.15, 0.2) is 48.7 Å². The third kappa shape index (κ3) is 6.73. The number of ether oxygens (including phenoxy) is 2. The van der Waals surface area contributed by atoms with Gasteiger partial charge < -0.3 is 30.2 Å². The Hall–Kier alpha value is -3.52. The highest BCUT2D eigenvalue weighted by Gasteiger charge is 2.20. The molecule has 1 heterocycles. The Morgan fingerprint density at radius 2 is 1.88 bits per heavy atom. The normalized spacial score (nSPS) is 12.4. The van der Waals surface area contributed by atoms with Crippen molar-refractivity contribution < 1.29 is 24.2 Å². The first-order valence-corrected chi connectivity index (χ1v) is 10.8. The molecule has 8 heteroatoms. The maximum atomic E-state index is 12.0. The average molecular weight is 454 g/mol. The van der Waals surface area contributed by atoms with Crippen molar-refractivity contribution >= 4 is 22.8 Å². The van der Waals surface area contributed by atoms with E-state index in [-0.39, 0.29) is 18.1 Å². The minimum absolute atomic E-state index is 0.128. The van der Waals surface area contributed by atoms with Gasteiger partial charge in [-0.15, -0.1) is 0 Å². The first-order chi connectivity index (χ1) is 15.7. The summed E-state index contributed by atoms with van der Waals surface area (Å²) in [4.78, 5) is 27.0. The lowest BCUT2D eigenvalue weighted by molar-refractivity contribution is -0.139. The summed E-state index contributed by atoms with van der Waals surface area (Å²) in [6, 6.07) is 12.4. The van der Waals surface area contributed by atoms with Gasteiger partial charge in [0, 0.05) is 35.6 Å². The number of H-pyrrole nitrogens is 1. The number of para-hydroxylation sites is 1. The molecule has 4 N–H and O–H groups in total. The van der Waals surface area contributed by atoms with E-state index in [2.05, 4.69) is 15.6 Å². The summed E-state index contributed by atoms with van der Waals surface area (Å²) in [5.41, 5.74) is 2.42. The van der Waals surface area contributed by atoms with Gasteiger partial charge in [-0.2, -0.15) is 0 Å². The Balaban J connectivity index is 1.63. The Labute approximate surface area is 193 Å². The van der Waals surface area contributed by atoms with Gasteiger partial charge in [0.1, 0.15) is 6.04 Å². The number of nitrogens with one attached hydrogen (secondary N) is 3. The molecule has 0 fully saturated rings. The number of aromatic amines is 1. The Bertz CT molecular complexity index is 1120. The number of hydrogen-bond donors (Lipinski definition) is 4. The van der Waals surface area contributed by atoms with E-state index in [4.69, 9.17) is 9.47 Å². The number of methoxy groups -OCH3 is 1. The van der Waals surface area contributed by atoms with Gasteiger partial charge in [-0.25, -0.2) is 0 Å². The van der Waals surface area contributed by atoms with E-state index in [0.717, 1.165) is 22.0 Å². The number of carboxylic acids is 1. The molecule has 33 heavy (non-hydrogen) atoms. The predicted molar refractivity (Wildman–Crippen MR) is 127 cm³/mol. The topological polar surface area (TPSA) is 113 Å². The lowest BCUT2D eigenvalue weighted by Gasteiger charge is -2.21. The van der Waals surface area contributed by atoms with Crippen LogP contribution in [-0.4, -0.2) is 47.3 Å². The highest BCUT2D eigenvalue weighted by Crippen LogP contribution is 2.28. The number of fused-ring (bicyclic) bond motifs is 1. The zero-order valence-corrected chi connectivity index (χ0v) is 19.4. The molecule has 0 saturated carbocycles. The molecular weight excluding hydrogens is 422 g/mol. The van der Waals surface area contributed by atoms with E-state index in [1.807, 2.05) is 57.3 Å². The number of aromatic nitrogens is 1. The second-order valence-corrected chi connectivity index (χ2v) is 8.91. The SMILES string of the molecule is COc1cc(CN[C@H](Cc2c[nH]c3ccccc23)C(=O)O)ccc1OCC(=O)NC(C)(C)C. The highest BCUT2D eigenvalue weighted by atomic mass is 16.5. The average Bonchev–Trinajstić information content (AvgIpc) is 3.17. The zero-order valence-electron chi connectivity index (χ0n) is 19.4. The molecule has 0 radical (unpaired) electrons. The molecule has 1 amide bonds. The van der Waals surface area contributed by atoms with Crippen LogP contribution in [0.5, 0.6) is 11.5 Å². The standard InChI is InChI=1S/C25H31N3O5/c1-25(2,3)28-23(29)15-33-21-10-9-16(11-22(21)32-4)13-26-20(24(30)31)12-17-14-27-19-8-6-5-7-18(17)19/h5-11,14,20,26-27H,12-13,15H2,1-4H3,(H,28,29)(H,30,31)/t20-/m1/s1. The molecule has 8 nitrogen and oxygen atoms in total. The second-order valence-electron chi connectivity index (χ2n) is 8.91. The maximum Gasteiger partial charge on any atom is 0.321 e. The molecule has 0 spiro atoms. The summed E-state index contributed by atoms with van der Waals surface area (Å²) in [6.07, 6.45) is 2.20. The zero-order chi connectivity index (χ0) is 24.0. The Morgan fingerprint density at radius 1 is 1.12 bits per heavy atom. The first-order valence-electron chi connectivity index (χ1n) is 10.8. The molecule has 1 atom stereocenters. The van der Waals surface area contributed by atoms with Crippen molar-refractivity contribution in [3.63, 3.8) is 0 Å². The molecule has 1 aromatic heterocycles. The van der Waals surface area contributed by atoms with Crippen molar-refractivity contribution in [2.24, 2.45) is 0 Å². The molecule has 2 aromatic carbocycles. The number of amides is 1. The van der Waals surface area contributed by atoms with Gasteiger partial charge in [0.15, 0.2) is 18.1 Å². The van der Waals surface area contributed by atoms with Gasteiger partial charge in [0.05, 0.1) is 7.11 Å². The van der Waals surface area contributed by atoms with Gasteiger partial charge in [-0.3, -0.25) is 9.59 Å². The van der Waals surface area contributed by atoms with E-state index >= 15 is 0 Å². The molecule has 0 unspecified atom stereocenters. The van der Waals surface area contributed by atoms with Gasteiger partial charge >= 0.3 is 5.97 Å². The van der Waals surface area contributed by atoms with Gasteiger partial charge in [0.25, 0.3) is 5.91 Å². The van der Waals surface area contributed by atoms with E-state index in [0.29, 0.717) is 24.5 Å². The van der Waals surface area contributed by atoms with Crippen molar-refractivity contribution in [2.45, 2.75) is 45.3 Å². The molecule has 0 aliphatic heterocycles. The third-order valence-electron chi connectivity index (χ3n) is 5.05. The number of hydrogen-bond acceptors (Lipinski definition) is 5. The van der Waals surface area contributed by atoms with Crippen LogP contribution >= 0.6 is 0 Å². The largest absolute Gasteiger partial charge is 0.493 e. The summed E-state index contributed by atoms with van der Waals surface area (Å²) in [6.45, 7) is 5.90. The van der Waals surface area contributed by atoms with Gasteiger partial charge in [-0.1, -0.05) is 24.3 Å². The molecule has 176 valence electrons. The lowest BCUT2D eigenvalue weighted by Crippen LogP contribution is -2.43. The van der Waals surface area contributed by atoms with Crippen molar-refractivity contribution in [3.05, 3.63) is 59.8 Å². The van der Waals surface area contributed by atoms with E-state index in [9.17, 15) is 14.7 Å². The Kier molecular flexibility index (Phi) is 7.60. The van der Waals surface area contributed by atoms with Gasteiger partial charge in [0.2, 0.25) is 0 Å². The van der Waals surface area contributed by atoms with Crippen LogP contribution in [0.4, 0.5) is 0 Å². The monoisotopic (exact) mass is 453 g/mol. The van der Waals surface area contributed by atoms with Crippen LogP contribution in [-0.2, 0) is 22.6 Å². The Morgan fingerprint density at radius 3 is 2.58 bits per heavy atom. The number of rotatable bonds is 10. The fourth-order valence-electron chi connectivity index (χ4n) is 3.55. The van der Waals surface area contributed by atoms with Crippen LogP contribution < -0.4 is 20.1 Å². The lowest BCUT2D eigenvalue weighted by atomic mass is 10.0. The van der Waals surface area contributed by atoms with Crippen molar-refractivity contribution in [2.75, 3.05) is 13.7 Å². The molecule has 3 rings (SSSR count). The van der Waals surface area contributed by atoms with Crippen molar-refractivity contribution in [1.29, 1.82) is 0 Å². The molecular formula is C25H31N3O5. The summed E-state index contributed by atoms with van der Waals surface area (Å²) >= 11 is 0. The number of carboxylic acid groups (broad SMARTS) is 1. The summed E-state index contributed by atoms with van der Waals surface area (Å²) in [7, 11) is 1.52. The van der Waals surface area contributed by atoms with Gasteiger partial charge in [-0.05, 0) is 50.1 Å². The maximum absolute atomic E-state index is 12.0. The predicted octanol–water partition coefficient (Wildman–Crippen LogP) is 3.26. The fourth-order valence-corrected chi connectivity index (χ4v) is 3.55. The second kappa shape index (κ2) is 10.4. The highest BCUT2D eigenvalue weighted by molar-refractivity contribution is 5.84. The number of carbonyl (C=O) groups is 2.